The topological polar surface area (TPSA) is 53.1 Å². The van der Waals surface area contributed by atoms with Crippen molar-refractivity contribution < 1.29 is 4.74 Å². The fourth-order valence-electron chi connectivity index (χ4n) is 1.94. The Bertz CT molecular complexity index is 334. The Morgan fingerprint density at radius 3 is 2.61 bits per heavy atom. The molecule has 1 aromatic rings. The van der Waals surface area contributed by atoms with E-state index >= 15 is 0 Å². The van der Waals surface area contributed by atoms with E-state index in [0.29, 0.717) is 11.8 Å². The minimum absolute atomic E-state index is 0.0672. The van der Waals surface area contributed by atoms with Crippen molar-refractivity contribution in [3.8, 4) is 0 Å². The summed E-state index contributed by atoms with van der Waals surface area (Å²) in [6.07, 6.45) is 4.70. The van der Waals surface area contributed by atoms with Gasteiger partial charge in [-0.05, 0) is 18.3 Å². The van der Waals surface area contributed by atoms with Gasteiger partial charge in [-0.3, -0.25) is 0 Å². The molecule has 0 aromatic carbocycles. The number of imidazole rings is 1. The molecule has 1 atom stereocenters. The molecular formula is C14H27N3O. The van der Waals surface area contributed by atoms with Crippen LogP contribution in [0.3, 0.4) is 0 Å². The average molecular weight is 253 g/mol. The van der Waals surface area contributed by atoms with Crippen LogP contribution in [0.15, 0.2) is 12.5 Å². The molecule has 1 heterocycles. The smallest absolute Gasteiger partial charge is 0.0949 e. The van der Waals surface area contributed by atoms with Crippen molar-refractivity contribution in [2.24, 2.45) is 17.6 Å². The van der Waals surface area contributed by atoms with Gasteiger partial charge in [-0.25, -0.2) is 4.98 Å². The Kier molecular flexibility index (Phi) is 6.36. The lowest BCUT2D eigenvalue weighted by molar-refractivity contribution is 0.102. The monoisotopic (exact) mass is 253 g/mol. The van der Waals surface area contributed by atoms with E-state index in [1.54, 1.807) is 0 Å². The third kappa shape index (κ3) is 5.19. The maximum atomic E-state index is 6.19. The van der Waals surface area contributed by atoms with E-state index < -0.39 is 0 Å². The molecule has 2 N–H and O–H groups in total. The van der Waals surface area contributed by atoms with Gasteiger partial charge in [0.05, 0.1) is 18.6 Å². The molecule has 4 heteroatoms. The third-order valence-corrected chi connectivity index (χ3v) is 2.78. The van der Waals surface area contributed by atoms with Crippen LogP contribution in [0.5, 0.6) is 0 Å². The zero-order valence-corrected chi connectivity index (χ0v) is 12.1. The molecule has 0 aliphatic carbocycles. The highest BCUT2D eigenvalue weighted by atomic mass is 16.5. The van der Waals surface area contributed by atoms with Gasteiger partial charge in [-0.15, -0.1) is 0 Å². The molecule has 0 aliphatic heterocycles. The van der Waals surface area contributed by atoms with Gasteiger partial charge in [0.1, 0.15) is 0 Å². The van der Waals surface area contributed by atoms with Gasteiger partial charge in [0.15, 0.2) is 0 Å². The van der Waals surface area contributed by atoms with Crippen molar-refractivity contribution in [1.82, 2.24) is 9.55 Å². The first-order valence-electron chi connectivity index (χ1n) is 6.84. The predicted octanol–water partition coefficient (Wildman–Crippen LogP) is 2.60. The van der Waals surface area contributed by atoms with E-state index in [4.69, 9.17) is 10.5 Å². The summed E-state index contributed by atoms with van der Waals surface area (Å²) in [7, 11) is 0. The van der Waals surface area contributed by atoms with Crippen molar-refractivity contribution in [3.05, 3.63) is 18.2 Å². The molecule has 1 unspecified atom stereocenters. The van der Waals surface area contributed by atoms with Crippen molar-refractivity contribution >= 4 is 0 Å². The second kappa shape index (κ2) is 7.54. The molecular weight excluding hydrogens is 226 g/mol. The van der Waals surface area contributed by atoms with E-state index in [1.165, 1.54) is 0 Å². The first kappa shape index (κ1) is 15.2. The van der Waals surface area contributed by atoms with E-state index in [-0.39, 0.29) is 6.04 Å². The lowest BCUT2D eigenvalue weighted by atomic mass is 10.0. The molecule has 18 heavy (non-hydrogen) atoms. The van der Waals surface area contributed by atoms with Crippen molar-refractivity contribution in [2.75, 3.05) is 13.2 Å². The third-order valence-electron chi connectivity index (χ3n) is 2.78. The Balaban J connectivity index is 2.44. The fraction of sp³-hybridized carbons (Fsp3) is 0.786. The molecule has 0 saturated heterocycles. The molecule has 1 aromatic heterocycles. The Labute approximate surface area is 111 Å². The summed E-state index contributed by atoms with van der Waals surface area (Å²) in [5.41, 5.74) is 7.30. The molecule has 1 rings (SSSR count). The van der Waals surface area contributed by atoms with Crippen molar-refractivity contribution in [3.63, 3.8) is 0 Å². The van der Waals surface area contributed by atoms with Gasteiger partial charge in [0.25, 0.3) is 0 Å². The number of hydrogen-bond donors (Lipinski definition) is 1. The van der Waals surface area contributed by atoms with E-state index in [2.05, 4.69) is 37.2 Å². The van der Waals surface area contributed by atoms with Crippen LogP contribution in [0.1, 0.15) is 45.9 Å². The molecule has 0 fully saturated rings. The number of nitrogens with zero attached hydrogens (tertiary/aromatic N) is 2. The molecule has 0 saturated carbocycles. The minimum Gasteiger partial charge on any atom is -0.379 e. The van der Waals surface area contributed by atoms with Crippen LogP contribution in [0.25, 0.3) is 0 Å². The summed E-state index contributed by atoms with van der Waals surface area (Å²) in [6, 6.07) is 0.0672. The van der Waals surface area contributed by atoms with Gasteiger partial charge >= 0.3 is 0 Å². The summed E-state index contributed by atoms with van der Waals surface area (Å²) in [4.78, 5) is 4.19. The van der Waals surface area contributed by atoms with Gasteiger partial charge in [0.2, 0.25) is 0 Å². The van der Waals surface area contributed by atoms with Crippen LogP contribution < -0.4 is 5.73 Å². The molecule has 0 bridgehead atoms. The largest absolute Gasteiger partial charge is 0.379 e. The van der Waals surface area contributed by atoms with E-state index in [1.807, 2.05) is 12.5 Å². The van der Waals surface area contributed by atoms with E-state index in [9.17, 15) is 0 Å². The zero-order valence-electron chi connectivity index (χ0n) is 12.1. The molecule has 0 spiro atoms. The zero-order chi connectivity index (χ0) is 13.5. The number of nitrogens with two attached hydrogens (primary N) is 1. The van der Waals surface area contributed by atoms with Crippen LogP contribution in [0, 0.1) is 11.8 Å². The molecule has 0 amide bonds. The predicted molar refractivity (Wildman–Crippen MR) is 74.3 cm³/mol. The molecule has 0 aliphatic rings. The van der Waals surface area contributed by atoms with Crippen LogP contribution in [-0.4, -0.2) is 22.8 Å². The number of hydrogen-bond acceptors (Lipinski definition) is 3. The average Bonchev–Trinajstić information content (AvgIpc) is 2.71. The highest BCUT2D eigenvalue weighted by Gasteiger charge is 2.12. The van der Waals surface area contributed by atoms with Crippen LogP contribution >= 0.6 is 0 Å². The summed E-state index contributed by atoms with van der Waals surface area (Å²) >= 11 is 0. The fourth-order valence-corrected chi connectivity index (χ4v) is 1.94. The SMILES string of the molecule is CC(C)COCCn1cncc1C(N)CC(C)C. The highest BCUT2D eigenvalue weighted by Crippen LogP contribution is 2.18. The quantitative estimate of drug-likeness (QED) is 0.725. The Morgan fingerprint density at radius 2 is 2.00 bits per heavy atom. The lowest BCUT2D eigenvalue weighted by Crippen LogP contribution is -2.19. The van der Waals surface area contributed by atoms with Gasteiger partial charge in [-0.1, -0.05) is 27.7 Å². The summed E-state index contributed by atoms with van der Waals surface area (Å²) < 4.78 is 7.70. The first-order valence-corrected chi connectivity index (χ1v) is 6.84. The summed E-state index contributed by atoms with van der Waals surface area (Å²) in [5.74, 6) is 1.18. The van der Waals surface area contributed by atoms with Crippen LogP contribution in [-0.2, 0) is 11.3 Å². The van der Waals surface area contributed by atoms with Crippen molar-refractivity contribution in [2.45, 2.75) is 46.7 Å². The highest BCUT2D eigenvalue weighted by molar-refractivity contribution is 5.04. The number of rotatable bonds is 8. The first-order chi connectivity index (χ1) is 8.50. The van der Waals surface area contributed by atoms with Gasteiger partial charge in [-0.2, -0.15) is 0 Å². The van der Waals surface area contributed by atoms with Gasteiger partial charge < -0.3 is 15.0 Å². The second-order valence-corrected chi connectivity index (χ2v) is 5.72. The number of aromatic nitrogens is 2. The summed E-state index contributed by atoms with van der Waals surface area (Å²) in [6.45, 7) is 11.0. The minimum atomic E-state index is 0.0672. The van der Waals surface area contributed by atoms with E-state index in [0.717, 1.165) is 31.9 Å². The second-order valence-electron chi connectivity index (χ2n) is 5.72. The van der Waals surface area contributed by atoms with Crippen LogP contribution in [0.2, 0.25) is 0 Å². The van der Waals surface area contributed by atoms with Crippen molar-refractivity contribution in [1.29, 1.82) is 0 Å². The molecule has 4 nitrogen and oxygen atoms in total. The van der Waals surface area contributed by atoms with Gasteiger partial charge in [0, 0.05) is 25.4 Å². The molecule has 0 radical (unpaired) electrons. The standard InChI is InChI=1S/C14H27N3O/c1-11(2)7-13(15)14-8-16-10-17(14)5-6-18-9-12(3)4/h8,10-13H,5-7,9,15H2,1-4H3. The lowest BCUT2D eigenvalue weighted by Gasteiger charge is -2.16. The van der Waals surface area contributed by atoms with Crippen LogP contribution in [0.4, 0.5) is 0 Å². The maximum Gasteiger partial charge on any atom is 0.0949 e. The summed E-state index contributed by atoms with van der Waals surface area (Å²) in [5, 5.41) is 0. The Hall–Kier alpha value is -0.870. The Morgan fingerprint density at radius 1 is 1.28 bits per heavy atom. The normalized spacial score (nSPS) is 13.5. The number of ether oxygens (including phenoxy) is 1. The maximum absolute atomic E-state index is 6.19. The molecule has 104 valence electrons.